The van der Waals surface area contributed by atoms with Crippen molar-refractivity contribution in [2.45, 2.75) is 31.0 Å². The molecule has 1 aliphatic rings. The Hall–Kier alpha value is -2.90. The largest absolute Gasteiger partial charge is 0.353 e. The number of thiophene rings is 1. The van der Waals surface area contributed by atoms with Gasteiger partial charge in [0.05, 0.1) is 16.8 Å². The summed E-state index contributed by atoms with van der Waals surface area (Å²) < 4.78 is 1.66. The lowest BCUT2D eigenvalue weighted by atomic mass is 10.1. The highest BCUT2D eigenvalue weighted by Crippen LogP contribution is 2.33. The Balaban J connectivity index is 1.65. The van der Waals surface area contributed by atoms with Crippen molar-refractivity contribution < 1.29 is 4.79 Å². The topological polar surface area (TPSA) is 64.0 Å². The third-order valence-corrected chi connectivity index (χ3v) is 7.10. The predicted molar refractivity (Wildman–Crippen MR) is 127 cm³/mol. The van der Waals surface area contributed by atoms with Gasteiger partial charge in [0.1, 0.15) is 4.83 Å². The van der Waals surface area contributed by atoms with Gasteiger partial charge >= 0.3 is 0 Å². The smallest absolute Gasteiger partial charge is 0.268 e. The molecule has 0 saturated heterocycles. The van der Waals surface area contributed by atoms with Crippen LogP contribution in [0.5, 0.6) is 0 Å². The maximum atomic E-state index is 13.8. The van der Waals surface area contributed by atoms with Gasteiger partial charge in [-0.05, 0) is 37.0 Å². The van der Waals surface area contributed by atoms with Crippen LogP contribution in [0.3, 0.4) is 0 Å². The Bertz CT molecular complexity index is 1320. The van der Waals surface area contributed by atoms with E-state index < -0.39 is 0 Å². The highest BCUT2D eigenvalue weighted by atomic mass is 32.2. The minimum absolute atomic E-state index is 0.0191. The molecule has 1 aliphatic carbocycles. The average Bonchev–Trinajstić information content (AvgIpc) is 3.49. The van der Waals surface area contributed by atoms with Crippen molar-refractivity contribution in [3.63, 3.8) is 0 Å². The molecular formula is C24H21N3O2S2. The third-order valence-electron chi connectivity index (χ3n) is 5.29. The van der Waals surface area contributed by atoms with E-state index in [0.29, 0.717) is 21.4 Å². The summed E-state index contributed by atoms with van der Waals surface area (Å²) in [5, 5.41) is 6.15. The minimum Gasteiger partial charge on any atom is -0.353 e. The van der Waals surface area contributed by atoms with Crippen molar-refractivity contribution in [3.8, 4) is 16.8 Å². The number of aromatic nitrogens is 2. The highest BCUT2D eigenvalue weighted by molar-refractivity contribution is 7.99. The van der Waals surface area contributed by atoms with Gasteiger partial charge in [0.15, 0.2) is 5.16 Å². The summed E-state index contributed by atoms with van der Waals surface area (Å²) in [5.74, 6) is 0.214. The Labute approximate surface area is 188 Å². The molecule has 1 saturated carbocycles. The second-order valence-corrected chi connectivity index (χ2v) is 9.45. The number of hydrogen-bond donors (Lipinski definition) is 1. The first-order valence-corrected chi connectivity index (χ1v) is 12.1. The zero-order valence-electron chi connectivity index (χ0n) is 17.0. The van der Waals surface area contributed by atoms with Crippen molar-refractivity contribution in [1.29, 1.82) is 0 Å². The molecule has 0 aliphatic heterocycles. The number of carbonyl (C=O) groups excluding carboxylic acids is 1. The maximum absolute atomic E-state index is 13.8. The zero-order chi connectivity index (χ0) is 21.4. The molecule has 156 valence electrons. The van der Waals surface area contributed by atoms with Gasteiger partial charge in [-0.15, -0.1) is 11.3 Å². The molecule has 0 atom stereocenters. The van der Waals surface area contributed by atoms with E-state index in [1.165, 1.54) is 23.1 Å². The molecular weight excluding hydrogens is 426 g/mol. The molecule has 4 aromatic rings. The van der Waals surface area contributed by atoms with Crippen molar-refractivity contribution in [1.82, 2.24) is 14.9 Å². The Morgan fingerprint density at radius 2 is 1.90 bits per heavy atom. The van der Waals surface area contributed by atoms with Crippen molar-refractivity contribution in [2.24, 2.45) is 0 Å². The van der Waals surface area contributed by atoms with E-state index >= 15 is 0 Å². The van der Waals surface area contributed by atoms with Crippen LogP contribution in [0, 0.1) is 6.92 Å². The van der Waals surface area contributed by atoms with Crippen LogP contribution in [0.2, 0.25) is 0 Å². The fourth-order valence-corrected chi connectivity index (χ4v) is 5.36. The number of para-hydroxylation sites is 1. The molecule has 31 heavy (non-hydrogen) atoms. The quantitative estimate of drug-likeness (QED) is 0.341. The Kier molecular flexibility index (Phi) is 5.38. The zero-order valence-corrected chi connectivity index (χ0v) is 18.6. The van der Waals surface area contributed by atoms with Crippen molar-refractivity contribution in [2.75, 3.05) is 5.75 Å². The van der Waals surface area contributed by atoms with Crippen LogP contribution in [0.15, 0.2) is 69.9 Å². The molecule has 5 nitrogen and oxygen atoms in total. The second kappa shape index (κ2) is 8.32. The molecule has 0 unspecified atom stereocenters. The molecule has 0 spiro atoms. The Morgan fingerprint density at radius 1 is 1.16 bits per heavy atom. The number of amides is 1. The van der Waals surface area contributed by atoms with E-state index in [9.17, 15) is 9.59 Å². The number of aryl methyl sites for hydroxylation is 1. The molecule has 2 aromatic heterocycles. The average molecular weight is 448 g/mol. The van der Waals surface area contributed by atoms with Crippen molar-refractivity contribution in [3.05, 3.63) is 75.9 Å². The van der Waals surface area contributed by atoms with Crippen molar-refractivity contribution >= 4 is 39.2 Å². The molecule has 0 radical (unpaired) electrons. The predicted octanol–water partition coefficient (Wildman–Crippen LogP) is 4.79. The Morgan fingerprint density at radius 3 is 2.65 bits per heavy atom. The van der Waals surface area contributed by atoms with Gasteiger partial charge in [-0.1, -0.05) is 60.3 Å². The second-order valence-electron chi connectivity index (χ2n) is 7.65. The monoisotopic (exact) mass is 447 g/mol. The fraction of sp³-hybridized carbons (Fsp3) is 0.208. The van der Waals surface area contributed by atoms with E-state index in [-0.39, 0.29) is 17.2 Å². The number of benzene rings is 2. The first-order valence-electron chi connectivity index (χ1n) is 10.2. The van der Waals surface area contributed by atoms with Crippen LogP contribution in [-0.2, 0) is 4.79 Å². The van der Waals surface area contributed by atoms with Gasteiger partial charge < -0.3 is 5.32 Å². The summed E-state index contributed by atoms with van der Waals surface area (Å²) in [6.07, 6.45) is 2.10. The lowest BCUT2D eigenvalue weighted by Gasteiger charge is -2.14. The summed E-state index contributed by atoms with van der Waals surface area (Å²) in [4.78, 5) is 31.6. The van der Waals surface area contributed by atoms with E-state index in [1.807, 2.05) is 66.9 Å². The summed E-state index contributed by atoms with van der Waals surface area (Å²) in [5.41, 5.74) is 3.55. The number of rotatable bonds is 6. The van der Waals surface area contributed by atoms with Gasteiger partial charge in [-0.25, -0.2) is 4.98 Å². The summed E-state index contributed by atoms with van der Waals surface area (Å²) >= 11 is 2.77. The number of fused-ring (bicyclic) bond motifs is 1. The summed E-state index contributed by atoms with van der Waals surface area (Å²) in [6, 6.07) is 18.0. The first kappa shape index (κ1) is 20.0. The fourth-order valence-electron chi connectivity index (χ4n) is 3.55. The minimum atomic E-state index is -0.107. The molecule has 7 heteroatoms. The number of hydrogen-bond acceptors (Lipinski definition) is 5. The molecule has 5 rings (SSSR count). The van der Waals surface area contributed by atoms with Gasteiger partial charge in [0, 0.05) is 17.0 Å². The standard InChI is InChI=1S/C24H21N3O2S2/c1-15-7-5-6-10-19(15)27-23(29)21-18(16-8-3-2-4-9-16)13-30-22(21)26-24(27)31-14-20(28)25-17-11-12-17/h2-10,13,17H,11-12,14H2,1H3,(H,25,28). The number of carbonyl (C=O) groups is 1. The van der Waals surface area contributed by atoms with Crippen LogP contribution in [-0.4, -0.2) is 27.3 Å². The molecule has 2 heterocycles. The van der Waals surface area contributed by atoms with E-state index in [4.69, 9.17) is 4.98 Å². The van der Waals surface area contributed by atoms with E-state index in [2.05, 4.69) is 5.32 Å². The van der Waals surface area contributed by atoms with Crippen LogP contribution in [0.1, 0.15) is 18.4 Å². The van der Waals surface area contributed by atoms with Crippen LogP contribution in [0.25, 0.3) is 27.0 Å². The molecule has 0 bridgehead atoms. The lowest BCUT2D eigenvalue weighted by Crippen LogP contribution is -2.28. The third kappa shape index (κ3) is 4.03. The molecule has 2 aromatic carbocycles. The first-order chi connectivity index (χ1) is 15.1. The molecule has 1 fully saturated rings. The SMILES string of the molecule is Cc1ccccc1-n1c(SCC(=O)NC2CC2)nc2scc(-c3ccccc3)c2c1=O. The van der Waals surface area contributed by atoms with Gasteiger partial charge in [-0.2, -0.15) is 0 Å². The highest BCUT2D eigenvalue weighted by Gasteiger charge is 2.24. The van der Waals surface area contributed by atoms with Crippen LogP contribution < -0.4 is 10.9 Å². The maximum Gasteiger partial charge on any atom is 0.268 e. The molecule has 1 amide bonds. The van der Waals surface area contributed by atoms with Crippen LogP contribution in [0.4, 0.5) is 0 Å². The van der Waals surface area contributed by atoms with Gasteiger partial charge in [0.25, 0.3) is 5.56 Å². The molecule has 1 N–H and O–H groups in total. The number of nitrogens with zero attached hydrogens (tertiary/aromatic N) is 2. The van der Waals surface area contributed by atoms with Crippen LogP contribution >= 0.6 is 23.1 Å². The number of thioether (sulfide) groups is 1. The lowest BCUT2D eigenvalue weighted by molar-refractivity contribution is -0.118. The summed E-state index contributed by atoms with van der Waals surface area (Å²) in [6.45, 7) is 1.98. The number of nitrogens with one attached hydrogen (secondary N) is 1. The van der Waals surface area contributed by atoms with Gasteiger partial charge in [0.2, 0.25) is 5.91 Å². The van der Waals surface area contributed by atoms with E-state index in [0.717, 1.165) is 35.2 Å². The normalized spacial score (nSPS) is 13.5. The summed E-state index contributed by atoms with van der Waals surface area (Å²) in [7, 11) is 0. The van der Waals surface area contributed by atoms with E-state index in [1.54, 1.807) is 4.57 Å². The van der Waals surface area contributed by atoms with Gasteiger partial charge in [-0.3, -0.25) is 14.2 Å².